The largest absolute Gasteiger partial charge is 0.396 e. The van der Waals surface area contributed by atoms with E-state index in [4.69, 9.17) is 16.2 Å². The summed E-state index contributed by atoms with van der Waals surface area (Å²) in [5.74, 6) is 0.281. The maximum atomic E-state index is 8.88. The van der Waals surface area contributed by atoms with Gasteiger partial charge >= 0.3 is 0 Å². The molecule has 1 saturated heterocycles. The van der Waals surface area contributed by atoms with E-state index < -0.39 is 0 Å². The molecule has 17 heavy (non-hydrogen) atoms. The number of nitrogens with two attached hydrogens (primary N) is 1. The molecule has 4 nitrogen and oxygen atoms in total. The minimum atomic E-state index is -0.190. The molecule has 0 saturated carbocycles. The summed E-state index contributed by atoms with van der Waals surface area (Å²) >= 11 is 0. The third-order valence-corrected chi connectivity index (χ3v) is 3.95. The SMILES string of the molecule is CC(C)(CCN1CCCC1CCCO)C(=N)N. The summed E-state index contributed by atoms with van der Waals surface area (Å²) in [5.41, 5.74) is 5.41. The van der Waals surface area contributed by atoms with Crippen LogP contribution < -0.4 is 5.73 Å². The Morgan fingerprint density at radius 3 is 2.82 bits per heavy atom. The number of hydrogen-bond donors (Lipinski definition) is 3. The van der Waals surface area contributed by atoms with Crippen LogP contribution in [0.2, 0.25) is 0 Å². The van der Waals surface area contributed by atoms with Crippen LogP contribution in [-0.2, 0) is 0 Å². The molecular weight excluding hydrogens is 214 g/mol. The van der Waals surface area contributed by atoms with Gasteiger partial charge in [-0.2, -0.15) is 0 Å². The number of amidine groups is 1. The predicted molar refractivity (Wildman–Crippen MR) is 71.2 cm³/mol. The van der Waals surface area contributed by atoms with Crippen molar-refractivity contribution in [2.45, 2.75) is 52.0 Å². The Bertz CT molecular complexity index is 253. The van der Waals surface area contributed by atoms with Gasteiger partial charge in [-0.25, -0.2) is 0 Å². The summed E-state index contributed by atoms with van der Waals surface area (Å²) in [5, 5.41) is 16.4. The van der Waals surface area contributed by atoms with Crippen LogP contribution in [0, 0.1) is 10.8 Å². The molecule has 0 aliphatic carbocycles. The summed E-state index contributed by atoms with van der Waals surface area (Å²) in [6.45, 7) is 6.54. The van der Waals surface area contributed by atoms with E-state index in [1.807, 2.05) is 13.8 Å². The fourth-order valence-corrected chi connectivity index (χ4v) is 2.40. The zero-order valence-corrected chi connectivity index (χ0v) is 11.2. The van der Waals surface area contributed by atoms with Gasteiger partial charge in [0.2, 0.25) is 0 Å². The number of rotatable bonds is 7. The smallest absolute Gasteiger partial charge is 0.0963 e. The Labute approximate surface area is 105 Å². The number of nitrogens with one attached hydrogen (secondary N) is 1. The second-order valence-corrected chi connectivity index (χ2v) is 5.75. The molecule has 1 atom stereocenters. The molecule has 0 amide bonds. The molecule has 1 heterocycles. The number of hydrogen-bond acceptors (Lipinski definition) is 3. The van der Waals surface area contributed by atoms with Crippen molar-refractivity contribution < 1.29 is 5.11 Å². The van der Waals surface area contributed by atoms with E-state index in [0.29, 0.717) is 12.6 Å². The highest BCUT2D eigenvalue weighted by molar-refractivity contribution is 5.82. The molecule has 1 fully saturated rings. The quantitative estimate of drug-likeness (QED) is 0.468. The summed E-state index contributed by atoms with van der Waals surface area (Å²) in [6, 6.07) is 0.630. The fourth-order valence-electron chi connectivity index (χ4n) is 2.40. The van der Waals surface area contributed by atoms with Crippen molar-refractivity contribution in [1.82, 2.24) is 4.90 Å². The highest BCUT2D eigenvalue weighted by atomic mass is 16.2. The Balaban J connectivity index is 2.37. The molecule has 1 aliphatic heterocycles. The first kappa shape index (κ1) is 14.5. The lowest BCUT2D eigenvalue weighted by Crippen LogP contribution is -2.37. The summed E-state index contributed by atoms with van der Waals surface area (Å²) in [7, 11) is 0. The minimum absolute atomic E-state index is 0.190. The lowest BCUT2D eigenvalue weighted by Gasteiger charge is -2.29. The summed E-state index contributed by atoms with van der Waals surface area (Å²) in [4.78, 5) is 2.50. The van der Waals surface area contributed by atoms with E-state index in [2.05, 4.69) is 4.90 Å². The van der Waals surface area contributed by atoms with Gasteiger partial charge in [-0.15, -0.1) is 0 Å². The molecule has 0 bridgehead atoms. The van der Waals surface area contributed by atoms with Crippen LogP contribution in [0.25, 0.3) is 0 Å². The standard InChI is InChI=1S/C13H27N3O/c1-13(2,12(14)15)7-9-16-8-3-5-11(16)6-4-10-17/h11,17H,3-10H2,1-2H3,(H3,14,15). The van der Waals surface area contributed by atoms with Gasteiger partial charge in [0.05, 0.1) is 5.84 Å². The molecule has 1 unspecified atom stereocenters. The maximum Gasteiger partial charge on any atom is 0.0963 e. The first-order chi connectivity index (χ1) is 7.97. The topological polar surface area (TPSA) is 73.3 Å². The molecule has 100 valence electrons. The van der Waals surface area contributed by atoms with Crippen LogP contribution >= 0.6 is 0 Å². The summed E-state index contributed by atoms with van der Waals surface area (Å²) < 4.78 is 0. The molecule has 4 N–H and O–H groups in total. The van der Waals surface area contributed by atoms with E-state index in [9.17, 15) is 0 Å². The highest BCUT2D eigenvalue weighted by Gasteiger charge is 2.27. The van der Waals surface area contributed by atoms with Gasteiger partial charge in [-0.05, 0) is 45.2 Å². The van der Waals surface area contributed by atoms with Gasteiger partial charge in [0, 0.05) is 18.1 Å². The van der Waals surface area contributed by atoms with Crippen molar-refractivity contribution in [2.75, 3.05) is 19.7 Å². The first-order valence-corrected chi connectivity index (χ1v) is 6.67. The maximum absolute atomic E-state index is 8.88. The van der Waals surface area contributed by atoms with Crippen molar-refractivity contribution in [3.05, 3.63) is 0 Å². The van der Waals surface area contributed by atoms with Crippen LogP contribution in [0.1, 0.15) is 46.0 Å². The van der Waals surface area contributed by atoms with Gasteiger partial charge in [-0.1, -0.05) is 13.8 Å². The van der Waals surface area contributed by atoms with Crippen molar-refractivity contribution in [3.63, 3.8) is 0 Å². The third-order valence-electron chi connectivity index (χ3n) is 3.95. The Hall–Kier alpha value is -0.610. The van der Waals surface area contributed by atoms with Crippen molar-refractivity contribution >= 4 is 5.84 Å². The molecule has 1 rings (SSSR count). The van der Waals surface area contributed by atoms with Crippen LogP contribution in [0.4, 0.5) is 0 Å². The molecule has 4 heteroatoms. The van der Waals surface area contributed by atoms with Crippen molar-refractivity contribution in [3.8, 4) is 0 Å². The van der Waals surface area contributed by atoms with Gasteiger partial charge in [-0.3, -0.25) is 5.41 Å². The Morgan fingerprint density at radius 1 is 1.53 bits per heavy atom. The minimum Gasteiger partial charge on any atom is -0.396 e. The van der Waals surface area contributed by atoms with Crippen LogP contribution in [-0.4, -0.2) is 41.6 Å². The predicted octanol–water partition coefficient (Wildman–Crippen LogP) is 1.58. The van der Waals surface area contributed by atoms with Crippen LogP contribution in [0.5, 0.6) is 0 Å². The molecule has 0 aromatic heterocycles. The number of nitrogens with zero attached hydrogens (tertiary/aromatic N) is 1. The molecule has 1 aliphatic rings. The van der Waals surface area contributed by atoms with E-state index in [1.54, 1.807) is 0 Å². The molecule has 0 radical (unpaired) electrons. The van der Waals surface area contributed by atoms with E-state index in [0.717, 1.165) is 32.4 Å². The Morgan fingerprint density at radius 2 is 2.24 bits per heavy atom. The average molecular weight is 241 g/mol. The zero-order chi connectivity index (χ0) is 12.9. The van der Waals surface area contributed by atoms with Gasteiger partial charge in [0.25, 0.3) is 0 Å². The van der Waals surface area contributed by atoms with E-state index in [1.165, 1.54) is 12.8 Å². The molecular formula is C13H27N3O. The van der Waals surface area contributed by atoms with Crippen molar-refractivity contribution in [2.24, 2.45) is 11.1 Å². The number of aliphatic hydroxyl groups is 1. The summed E-state index contributed by atoms with van der Waals surface area (Å²) in [6.07, 6.45) is 5.45. The highest BCUT2D eigenvalue weighted by Crippen LogP contribution is 2.25. The first-order valence-electron chi connectivity index (χ1n) is 6.67. The van der Waals surface area contributed by atoms with Crippen LogP contribution in [0.3, 0.4) is 0 Å². The zero-order valence-electron chi connectivity index (χ0n) is 11.2. The second kappa shape index (κ2) is 6.36. The Kier molecular flexibility index (Phi) is 5.40. The number of likely N-dealkylation sites (tertiary alicyclic amines) is 1. The van der Waals surface area contributed by atoms with Gasteiger partial charge in [0.1, 0.15) is 0 Å². The lowest BCUT2D eigenvalue weighted by atomic mass is 9.88. The fraction of sp³-hybridized carbons (Fsp3) is 0.923. The molecule has 0 spiro atoms. The van der Waals surface area contributed by atoms with E-state index in [-0.39, 0.29) is 11.3 Å². The third kappa shape index (κ3) is 4.28. The second-order valence-electron chi connectivity index (χ2n) is 5.75. The van der Waals surface area contributed by atoms with Crippen LogP contribution in [0.15, 0.2) is 0 Å². The number of aliphatic hydroxyl groups excluding tert-OH is 1. The molecule has 0 aromatic carbocycles. The normalized spacial score (nSPS) is 21.9. The van der Waals surface area contributed by atoms with E-state index >= 15 is 0 Å². The monoisotopic (exact) mass is 241 g/mol. The molecule has 0 aromatic rings. The van der Waals surface area contributed by atoms with Crippen molar-refractivity contribution in [1.29, 1.82) is 5.41 Å². The average Bonchev–Trinajstić information content (AvgIpc) is 2.71. The lowest BCUT2D eigenvalue weighted by molar-refractivity contribution is 0.201. The van der Waals surface area contributed by atoms with Gasteiger partial charge < -0.3 is 15.7 Å². The van der Waals surface area contributed by atoms with Gasteiger partial charge in [0.15, 0.2) is 0 Å².